The Morgan fingerprint density at radius 3 is 2.57 bits per heavy atom. The van der Waals surface area contributed by atoms with Crippen molar-refractivity contribution in [2.24, 2.45) is 5.92 Å². The molecule has 1 saturated carbocycles. The summed E-state index contributed by atoms with van der Waals surface area (Å²) in [6.07, 6.45) is -0.169. The average Bonchev–Trinajstić information content (AvgIpc) is 3.19. The third-order valence-electron chi connectivity index (χ3n) is 6.50. The van der Waals surface area contributed by atoms with Gasteiger partial charge in [0, 0.05) is 25.9 Å². The Bertz CT molecular complexity index is 1340. The molecule has 3 aromatic rings. The van der Waals surface area contributed by atoms with E-state index in [0.717, 1.165) is 31.4 Å². The van der Waals surface area contributed by atoms with Crippen LogP contribution in [-0.2, 0) is 36.9 Å². The van der Waals surface area contributed by atoms with Gasteiger partial charge in [0.05, 0.1) is 5.56 Å². The van der Waals surface area contributed by atoms with Crippen molar-refractivity contribution in [3.8, 4) is 0 Å². The summed E-state index contributed by atoms with van der Waals surface area (Å²) in [6, 6.07) is 5.05. The van der Waals surface area contributed by atoms with E-state index in [4.69, 9.17) is 5.11 Å². The fraction of sp³-hybridized carbons (Fsp3) is 0.500. The molecule has 2 heterocycles. The van der Waals surface area contributed by atoms with Crippen molar-refractivity contribution in [3.05, 3.63) is 62.1 Å². The molecule has 8 nitrogen and oxygen atoms in total. The zero-order chi connectivity index (χ0) is 25.2. The second-order valence-electron chi connectivity index (χ2n) is 9.08. The van der Waals surface area contributed by atoms with Crippen molar-refractivity contribution in [2.75, 3.05) is 0 Å². The van der Waals surface area contributed by atoms with Gasteiger partial charge in [-0.25, -0.2) is 9.78 Å². The molecule has 0 bridgehead atoms. The number of nitrogens with zero attached hydrogens (tertiary/aromatic N) is 3. The van der Waals surface area contributed by atoms with Gasteiger partial charge >= 0.3 is 17.8 Å². The molecule has 0 radical (unpaired) electrons. The summed E-state index contributed by atoms with van der Waals surface area (Å²) < 4.78 is 41.6. The Balaban J connectivity index is 1.63. The number of fused-ring (bicyclic) bond motifs is 1. The van der Waals surface area contributed by atoms with E-state index in [-0.39, 0.29) is 42.9 Å². The highest BCUT2D eigenvalue weighted by atomic mass is 19.4. The molecule has 4 rings (SSSR count). The monoisotopic (exact) mass is 492 g/mol. The first-order chi connectivity index (χ1) is 16.6. The van der Waals surface area contributed by atoms with Crippen LogP contribution in [0.4, 0.5) is 13.2 Å². The van der Waals surface area contributed by atoms with E-state index in [1.165, 1.54) is 15.2 Å². The van der Waals surface area contributed by atoms with E-state index in [1.807, 2.05) is 0 Å². The Morgan fingerprint density at radius 2 is 1.91 bits per heavy atom. The number of aryl methyl sites for hydroxylation is 3. The summed E-state index contributed by atoms with van der Waals surface area (Å²) in [7, 11) is 0. The molecule has 0 amide bonds. The Hall–Kier alpha value is -3.37. The number of hydrogen-bond donors (Lipinski definition) is 2. The van der Waals surface area contributed by atoms with Gasteiger partial charge in [-0.3, -0.25) is 18.7 Å². The van der Waals surface area contributed by atoms with E-state index in [1.54, 1.807) is 6.07 Å². The molecule has 0 unspecified atom stereocenters. The van der Waals surface area contributed by atoms with Crippen LogP contribution in [0.2, 0.25) is 0 Å². The largest absolute Gasteiger partial charge is 0.481 e. The van der Waals surface area contributed by atoms with Gasteiger partial charge < -0.3 is 10.1 Å². The van der Waals surface area contributed by atoms with Gasteiger partial charge in [0.2, 0.25) is 0 Å². The number of aliphatic carboxylic acids is 1. The van der Waals surface area contributed by atoms with Gasteiger partial charge in [0.1, 0.15) is 11.3 Å². The number of carboxylic acid groups (broad SMARTS) is 1. The van der Waals surface area contributed by atoms with E-state index >= 15 is 0 Å². The molecule has 0 aliphatic heterocycles. The maximum Gasteiger partial charge on any atom is 0.416 e. The van der Waals surface area contributed by atoms with Crippen LogP contribution in [0.25, 0.3) is 11.2 Å². The van der Waals surface area contributed by atoms with Crippen LogP contribution in [0.15, 0.2) is 33.9 Å². The van der Waals surface area contributed by atoms with Crippen LogP contribution in [0, 0.1) is 5.92 Å². The number of aromatic nitrogens is 4. The number of aromatic amines is 1. The summed E-state index contributed by atoms with van der Waals surface area (Å²) >= 11 is 0. The van der Waals surface area contributed by atoms with E-state index < -0.39 is 29.0 Å². The number of benzene rings is 1. The number of unbranched alkanes of at least 4 members (excludes halogenated alkanes) is 1. The quantitative estimate of drug-likeness (QED) is 0.419. The second kappa shape index (κ2) is 10.1. The molecule has 0 spiro atoms. The van der Waals surface area contributed by atoms with E-state index in [9.17, 15) is 27.6 Å². The van der Waals surface area contributed by atoms with Crippen molar-refractivity contribution in [1.82, 2.24) is 19.1 Å². The molecule has 0 atom stereocenters. The van der Waals surface area contributed by atoms with Crippen LogP contribution < -0.4 is 11.2 Å². The number of carboxylic acids is 1. The molecule has 2 aromatic heterocycles. The van der Waals surface area contributed by atoms with Gasteiger partial charge in [-0.1, -0.05) is 24.6 Å². The normalized spacial score (nSPS) is 14.4. The first-order valence-electron chi connectivity index (χ1n) is 11.7. The molecular weight excluding hydrogens is 465 g/mol. The van der Waals surface area contributed by atoms with E-state index in [2.05, 4.69) is 9.97 Å². The van der Waals surface area contributed by atoms with Crippen molar-refractivity contribution < 1.29 is 23.1 Å². The molecule has 1 fully saturated rings. The first kappa shape index (κ1) is 24.7. The smallest absolute Gasteiger partial charge is 0.416 e. The summed E-state index contributed by atoms with van der Waals surface area (Å²) in [6.45, 7) is 0.535. The number of rotatable bonds is 10. The number of nitrogens with one attached hydrogen (secondary N) is 1. The highest BCUT2D eigenvalue weighted by Gasteiger charge is 2.30. The van der Waals surface area contributed by atoms with Crippen LogP contribution >= 0.6 is 0 Å². The minimum absolute atomic E-state index is 0.0254. The standard InChI is InChI=1S/C24H27F3N4O4/c25-24(26,27)17-8-4-5-15(13-17)10-11-18-28-20-21(29-18)30(12-2-1-9-19(32)33)23(35)31(22(20)34)14-16-6-3-7-16/h4-5,8,13,16H,1-3,6-7,9-12,14H2,(H,28,29)(H,32,33). The van der Waals surface area contributed by atoms with Crippen molar-refractivity contribution >= 4 is 17.1 Å². The Kier molecular flexibility index (Phi) is 7.13. The Morgan fingerprint density at radius 1 is 1.14 bits per heavy atom. The number of halogens is 3. The number of imidazole rings is 1. The first-order valence-corrected chi connectivity index (χ1v) is 11.7. The molecular formula is C24H27F3N4O4. The number of hydrogen-bond acceptors (Lipinski definition) is 4. The highest BCUT2D eigenvalue weighted by Crippen LogP contribution is 2.30. The molecule has 1 aliphatic carbocycles. The van der Waals surface area contributed by atoms with Crippen LogP contribution in [-0.4, -0.2) is 30.2 Å². The third kappa shape index (κ3) is 5.66. The highest BCUT2D eigenvalue weighted by molar-refractivity contribution is 5.70. The van der Waals surface area contributed by atoms with Gasteiger partial charge in [-0.05, 0) is 49.7 Å². The number of H-pyrrole nitrogens is 1. The lowest BCUT2D eigenvalue weighted by Crippen LogP contribution is -2.42. The Labute approximate surface area is 198 Å². The SMILES string of the molecule is O=C(O)CCCCn1c(=O)n(CC2CCC2)c(=O)c2[nH]c(CCc3cccc(C(F)(F)F)c3)nc21. The molecule has 35 heavy (non-hydrogen) atoms. The van der Waals surface area contributed by atoms with Gasteiger partial charge in [0.15, 0.2) is 5.65 Å². The van der Waals surface area contributed by atoms with Crippen molar-refractivity contribution in [1.29, 1.82) is 0 Å². The minimum atomic E-state index is -4.43. The summed E-state index contributed by atoms with van der Waals surface area (Å²) in [4.78, 5) is 44.5. The maximum absolute atomic E-state index is 13.2. The van der Waals surface area contributed by atoms with Crippen molar-refractivity contribution in [3.63, 3.8) is 0 Å². The zero-order valence-corrected chi connectivity index (χ0v) is 19.1. The molecule has 11 heteroatoms. The summed E-state index contributed by atoms with van der Waals surface area (Å²) in [5.74, 6) is -0.259. The number of carbonyl (C=O) groups is 1. The van der Waals surface area contributed by atoms with Crippen LogP contribution in [0.1, 0.15) is 55.5 Å². The molecule has 1 aliphatic rings. The fourth-order valence-electron chi connectivity index (χ4n) is 4.34. The van der Waals surface area contributed by atoms with Gasteiger partial charge in [-0.2, -0.15) is 13.2 Å². The van der Waals surface area contributed by atoms with Crippen LogP contribution in [0.3, 0.4) is 0 Å². The predicted molar refractivity (Wildman–Crippen MR) is 122 cm³/mol. The van der Waals surface area contributed by atoms with E-state index in [0.29, 0.717) is 30.8 Å². The molecule has 0 saturated heterocycles. The van der Waals surface area contributed by atoms with Crippen LogP contribution in [0.5, 0.6) is 0 Å². The predicted octanol–water partition coefficient (Wildman–Crippen LogP) is 3.75. The molecule has 1 aromatic carbocycles. The summed E-state index contributed by atoms with van der Waals surface area (Å²) in [5, 5.41) is 8.87. The number of alkyl halides is 3. The third-order valence-corrected chi connectivity index (χ3v) is 6.50. The zero-order valence-electron chi connectivity index (χ0n) is 19.1. The topological polar surface area (TPSA) is 110 Å². The molecule has 2 N–H and O–H groups in total. The second-order valence-corrected chi connectivity index (χ2v) is 9.08. The fourth-order valence-corrected chi connectivity index (χ4v) is 4.34. The average molecular weight is 492 g/mol. The lowest BCUT2D eigenvalue weighted by molar-refractivity contribution is -0.138. The summed E-state index contributed by atoms with van der Waals surface area (Å²) in [5.41, 5.74) is -0.806. The maximum atomic E-state index is 13.2. The minimum Gasteiger partial charge on any atom is -0.481 e. The van der Waals surface area contributed by atoms with Gasteiger partial charge in [0.25, 0.3) is 5.56 Å². The lowest BCUT2D eigenvalue weighted by Gasteiger charge is -2.25. The van der Waals surface area contributed by atoms with Crippen molar-refractivity contribution in [2.45, 2.75) is 70.6 Å². The lowest BCUT2D eigenvalue weighted by atomic mass is 9.85. The molecule has 188 valence electrons. The van der Waals surface area contributed by atoms with Gasteiger partial charge in [-0.15, -0.1) is 0 Å².